The monoisotopic (exact) mass is 585 g/mol. The molecule has 220 valence electrons. The lowest BCUT2D eigenvalue weighted by Gasteiger charge is -2.41. The first-order chi connectivity index (χ1) is 19.7. The maximum Gasteiger partial charge on any atom is 0.303 e. The maximum absolute atomic E-state index is 13.8. The van der Waals surface area contributed by atoms with Gasteiger partial charge in [0.1, 0.15) is 11.5 Å². The second-order valence-corrected chi connectivity index (χ2v) is 13.1. The zero-order valence-electron chi connectivity index (χ0n) is 23.4. The Balaban J connectivity index is 1.44. The number of rotatable bonds is 7. The Kier molecular flexibility index (Phi) is 7.70. The number of fused-ring (bicyclic) bond motifs is 1. The lowest BCUT2D eigenvalue weighted by Crippen LogP contribution is -2.49. The molecule has 11 nitrogen and oxygen atoms in total. The van der Waals surface area contributed by atoms with Crippen molar-refractivity contribution in [3.8, 4) is 5.69 Å². The minimum atomic E-state index is -4.03. The summed E-state index contributed by atoms with van der Waals surface area (Å²) in [5, 5.41) is 5.85. The fraction of sp³-hybridized carbons (Fsp3) is 0.536. The predicted molar refractivity (Wildman–Crippen MR) is 153 cm³/mol. The van der Waals surface area contributed by atoms with E-state index in [0.29, 0.717) is 17.4 Å². The van der Waals surface area contributed by atoms with Crippen LogP contribution in [0, 0.1) is 5.82 Å². The molecule has 3 aromatic rings. The van der Waals surface area contributed by atoms with Gasteiger partial charge in [-0.2, -0.15) is 17.8 Å². The highest BCUT2D eigenvalue weighted by atomic mass is 32.2. The molecule has 1 aliphatic carbocycles. The number of aromatic nitrogens is 3. The number of ether oxygens (including phenoxy) is 1. The topological polar surface area (TPSA) is 113 Å². The number of pyridine rings is 1. The molecule has 0 unspecified atom stereocenters. The third kappa shape index (κ3) is 5.55. The summed E-state index contributed by atoms with van der Waals surface area (Å²) in [4.78, 5) is 22.8. The number of nitrogens with zero attached hydrogens (tertiary/aromatic N) is 6. The van der Waals surface area contributed by atoms with Crippen LogP contribution in [0.5, 0.6) is 0 Å². The van der Waals surface area contributed by atoms with Crippen LogP contribution in [-0.4, -0.2) is 97.8 Å². The highest BCUT2D eigenvalue weighted by Gasteiger charge is 2.33. The van der Waals surface area contributed by atoms with Crippen molar-refractivity contribution in [1.82, 2.24) is 28.7 Å². The Morgan fingerprint density at radius 1 is 1.05 bits per heavy atom. The molecule has 3 fully saturated rings. The van der Waals surface area contributed by atoms with Crippen LogP contribution in [0.15, 0.2) is 30.3 Å². The molecule has 2 saturated heterocycles. The molecule has 6 rings (SSSR count). The van der Waals surface area contributed by atoms with E-state index in [1.54, 1.807) is 22.9 Å². The summed E-state index contributed by atoms with van der Waals surface area (Å²) < 4.78 is 49.1. The van der Waals surface area contributed by atoms with Gasteiger partial charge in [-0.15, -0.1) is 0 Å². The smallest absolute Gasteiger partial charge is 0.303 e. The van der Waals surface area contributed by atoms with Crippen LogP contribution < -0.4 is 9.62 Å². The average Bonchev–Trinajstić information content (AvgIpc) is 3.31. The minimum absolute atomic E-state index is 0.0170. The van der Waals surface area contributed by atoms with E-state index in [9.17, 15) is 17.6 Å². The van der Waals surface area contributed by atoms with E-state index < -0.39 is 16.1 Å². The Labute approximate surface area is 239 Å². The Hall–Kier alpha value is -3.13. The van der Waals surface area contributed by atoms with Gasteiger partial charge >= 0.3 is 10.2 Å². The Morgan fingerprint density at radius 3 is 2.34 bits per heavy atom. The van der Waals surface area contributed by atoms with Crippen molar-refractivity contribution in [2.24, 2.45) is 0 Å². The van der Waals surface area contributed by atoms with Gasteiger partial charge in [-0.1, -0.05) is 6.42 Å². The molecule has 1 N–H and O–H groups in total. The van der Waals surface area contributed by atoms with Gasteiger partial charge in [0, 0.05) is 52.2 Å². The van der Waals surface area contributed by atoms with Gasteiger partial charge in [0.05, 0.1) is 35.7 Å². The molecular weight excluding hydrogens is 549 g/mol. The molecule has 0 spiro atoms. The second kappa shape index (κ2) is 11.3. The average molecular weight is 586 g/mol. The van der Waals surface area contributed by atoms with E-state index in [1.807, 2.05) is 0 Å². The third-order valence-corrected chi connectivity index (χ3v) is 9.91. The summed E-state index contributed by atoms with van der Waals surface area (Å²) in [6.45, 7) is 4.95. The molecule has 1 aromatic carbocycles. The van der Waals surface area contributed by atoms with Gasteiger partial charge in [-0.3, -0.25) is 9.69 Å². The predicted octanol–water partition coefficient (Wildman–Crippen LogP) is 2.66. The van der Waals surface area contributed by atoms with Gasteiger partial charge in [0.2, 0.25) is 0 Å². The van der Waals surface area contributed by atoms with Crippen LogP contribution in [0.2, 0.25) is 0 Å². The van der Waals surface area contributed by atoms with Gasteiger partial charge in [0.15, 0.2) is 5.65 Å². The summed E-state index contributed by atoms with van der Waals surface area (Å²) in [7, 11) is -1.32. The normalized spacial score (nSPS) is 19.6. The van der Waals surface area contributed by atoms with Crippen LogP contribution in [0.3, 0.4) is 0 Å². The molecule has 0 bridgehead atoms. The molecule has 3 aliphatic rings. The van der Waals surface area contributed by atoms with Crippen molar-refractivity contribution in [2.45, 2.75) is 44.1 Å². The van der Waals surface area contributed by atoms with E-state index in [1.165, 1.54) is 26.2 Å². The maximum atomic E-state index is 13.8. The number of carbonyl (C=O) groups is 1. The van der Waals surface area contributed by atoms with Crippen molar-refractivity contribution in [2.75, 3.05) is 58.4 Å². The number of nitrogens with one attached hydrogen (secondary N) is 1. The van der Waals surface area contributed by atoms with E-state index in [0.717, 1.165) is 92.6 Å². The molecule has 1 saturated carbocycles. The first-order valence-corrected chi connectivity index (χ1v) is 15.7. The number of piperidine rings is 1. The number of benzene rings is 1. The summed E-state index contributed by atoms with van der Waals surface area (Å²) in [5.74, 6) is -0.920. The fourth-order valence-electron chi connectivity index (χ4n) is 5.89. The molecule has 0 atom stereocenters. The van der Waals surface area contributed by atoms with Crippen LogP contribution in [0.1, 0.15) is 54.2 Å². The van der Waals surface area contributed by atoms with Crippen LogP contribution in [0.4, 0.5) is 10.1 Å². The van der Waals surface area contributed by atoms with Crippen molar-refractivity contribution >= 4 is 32.8 Å². The zero-order chi connectivity index (χ0) is 28.7. The van der Waals surface area contributed by atoms with Crippen molar-refractivity contribution < 1.29 is 22.3 Å². The van der Waals surface area contributed by atoms with Gasteiger partial charge < -0.3 is 9.64 Å². The minimum Gasteiger partial charge on any atom is -0.379 e. The number of anilines is 1. The zero-order valence-corrected chi connectivity index (χ0v) is 24.2. The second-order valence-electron chi connectivity index (χ2n) is 11.2. The highest BCUT2D eigenvalue weighted by Crippen LogP contribution is 2.43. The first-order valence-electron chi connectivity index (χ1n) is 14.2. The highest BCUT2D eigenvalue weighted by molar-refractivity contribution is 7.87. The summed E-state index contributed by atoms with van der Waals surface area (Å²) in [6.07, 6.45) is 5.07. The summed E-state index contributed by atoms with van der Waals surface area (Å²) in [5.41, 5.74) is 2.81. The van der Waals surface area contributed by atoms with Gasteiger partial charge in [-0.25, -0.2) is 18.8 Å². The molecule has 2 aliphatic heterocycles. The molecule has 2 aromatic heterocycles. The lowest BCUT2D eigenvalue weighted by atomic mass is 9.82. The van der Waals surface area contributed by atoms with Crippen molar-refractivity contribution in [1.29, 1.82) is 0 Å². The lowest BCUT2D eigenvalue weighted by molar-refractivity contribution is 0.0115. The quantitative estimate of drug-likeness (QED) is 0.451. The fourth-order valence-corrected chi connectivity index (χ4v) is 6.41. The van der Waals surface area contributed by atoms with E-state index in [-0.39, 0.29) is 17.4 Å². The van der Waals surface area contributed by atoms with Crippen LogP contribution in [0.25, 0.3) is 16.7 Å². The standard InChI is InChI=1S/C28H36FN7O4S/c1-33(2)41(38,39)32-28(37)23-18-24(35-12-10-21(11-13-35)34-14-16-40-17-15-34)25-26(19-4-3-5-19)31-36(27(25)30-23)22-8-6-20(29)7-9-22/h6-9,18-19,21H,3-5,10-17H2,1-2H3,(H,32,37). The molecule has 4 heterocycles. The van der Waals surface area contributed by atoms with Crippen molar-refractivity contribution in [3.05, 3.63) is 47.5 Å². The summed E-state index contributed by atoms with van der Waals surface area (Å²) in [6, 6.07) is 8.16. The number of carbonyl (C=O) groups excluding carboxylic acids is 1. The summed E-state index contributed by atoms with van der Waals surface area (Å²) >= 11 is 0. The molecular formula is C28H36FN7O4S. The molecule has 13 heteroatoms. The van der Waals surface area contributed by atoms with E-state index in [2.05, 4.69) is 19.5 Å². The largest absolute Gasteiger partial charge is 0.379 e. The van der Waals surface area contributed by atoms with E-state index >= 15 is 0 Å². The van der Waals surface area contributed by atoms with Crippen LogP contribution in [-0.2, 0) is 14.9 Å². The number of halogens is 1. The number of amides is 1. The number of hydrogen-bond acceptors (Lipinski definition) is 8. The number of hydrogen-bond donors (Lipinski definition) is 1. The number of morpholine rings is 1. The molecule has 1 amide bonds. The van der Waals surface area contributed by atoms with Crippen molar-refractivity contribution in [3.63, 3.8) is 0 Å². The van der Waals surface area contributed by atoms with E-state index in [4.69, 9.17) is 9.84 Å². The SMILES string of the molecule is CN(C)S(=O)(=O)NC(=O)c1cc(N2CCC(N3CCOCC3)CC2)c2c(C3CCC3)nn(-c3ccc(F)cc3)c2n1. The van der Waals surface area contributed by atoms with Gasteiger partial charge in [0.25, 0.3) is 5.91 Å². The third-order valence-electron chi connectivity index (χ3n) is 8.51. The Morgan fingerprint density at radius 2 is 1.73 bits per heavy atom. The van der Waals surface area contributed by atoms with Gasteiger partial charge in [-0.05, 0) is 56.0 Å². The van der Waals surface area contributed by atoms with Crippen LogP contribution >= 0.6 is 0 Å². The molecule has 0 radical (unpaired) electrons. The first kappa shape index (κ1) is 28.0. The Bertz CT molecular complexity index is 1530. The molecule has 41 heavy (non-hydrogen) atoms.